The van der Waals surface area contributed by atoms with E-state index in [2.05, 4.69) is 10.2 Å². The van der Waals surface area contributed by atoms with Crippen molar-refractivity contribution in [1.29, 1.82) is 0 Å². The standard InChI is InChI=1S/C9H13F2N3/c1-6-2-7(14-13-6)8(5-12)3-9(10,11)4-8/h2H,3-5,12H2,1H3,(H,13,14). The van der Waals surface area contributed by atoms with Gasteiger partial charge in [-0.25, -0.2) is 8.78 Å². The average Bonchev–Trinajstić information content (AvgIpc) is 2.47. The maximum atomic E-state index is 12.8. The number of H-pyrrole nitrogens is 1. The highest BCUT2D eigenvalue weighted by molar-refractivity contribution is 5.25. The number of rotatable bonds is 2. The molecule has 3 nitrogen and oxygen atoms in total. The number of hydrogen-bond donors (Lipinski definition) is 2. The van der Waals surface area contributed by atoms with Gasteiger partial charge in [-0.15, -0.1) is 0 Å². The van der Waals surface area contributed by atoms with Crippen molar-refractivity contribution in [3.63, 3.8) is 0 Å². The van der Waals surface area contributed by atoms with Gasteiger partial charge in [0, 0.05) is 30.5 Å². The third-order valence-electron chi connectivity index (χ3n) is 2.83. The van der Waals surface area contributed by atoms with E-state index in [1.165, 1.54) is 0 Å². The highest BCUT2D eigenvalue weighted by atomic mass is 19.3. The number of nitrogens with zero attached hydrogens (tertiary/aromatic N) is 1. The van der Waals surface area contributed by atoms with Crippen molar-refractivity contribution in [3.05, 3.63) is 17.5 Å². The van der Waals surface area contributed by atoms with E-state index in [1.807, 2.05) is 6.92 Å². The lowest BCUT2D eigenvalue weighted by Gasteiger charge is -2.45. The van der Waals surface area contributed by atoms with Crippen LogP contribution in [-0.2, 0) is 5.41 Å². The van der Waals surface area contributed by atoms with E-state index >= 15 is 0 Å². The molecule has 2 rings (SSSR count). The first-order valence-corrected chi connectivity index (χ1v) is 4.58. The molecule has 0 spiro atoms. The molecule has 0 amide bonds. The molecule has 14 heavy (non-hydrogen) atoms. The second kappa shape index (κ2) is 2.76. The second-order valence-corrected chi connectivity index (χ2v) is 4.13. The molecule has 0 saturated heterocycles. The molecule has 78 valence electrons. The fourth-order valence-corrected chi connectivity index (χ4v) is 2.06. The summed E-state index contributed by atoms with van der Waals surface area (Å²) in [4.78, 5) is 0. The Morgan fingerprint density at radius 2 is 2.21 bits per heavy atom. The highest BCUT2D eigenvalue weighted by Gasteiger charge is 2.57. The summed E-state index contributed by atoms with van der Waals surface area (Å²) in [7, 11) is 0. The van der Waals surface area contributed by atoms with E-state index in [9.17, 15) is 8.78 Å². The molecule has 0 aliphatic heterocycles. The Hall–Kier alpha value is -0.970. The Bertz CT molecular complexity index is 338. The lowest BCUT2D eigenvalue weighted by Crippen LogP contribution is -2.53. The number of aryl methyl sites for hydroxylation is 1. The lowest BCUT2D eigenvalue weighted by atomic mass is 9.64. The second-order valence-electron chi connectivity index (χ2n) is 4.13. The largest absolute Gasteiger partial charge is 0.330 e. The quantitative estimate of drug-likeness (QED) is 0.758. The zero-order valence-corrected chi connectivity index (χ0v) is 7.98. The lowest BCUT2D eigenvalue weighted by molar-refractivity contribution is -0.125. The normalized spacial score (nSPS) is 23.1. The van der Waals surface area contributed by atoms with Gasteiger partial charge >= 0.3 is 0 Å². The summed E-state index contributed by atoms with van der Waals surface area (Å²) in [6.07, 6.45) is -0.360. The van der Waals surface area contributed by atoms with Crippen molar-refractivity contribution in [3.8, 4) is 0 Å². The van der Waals surface area contributed by atoms with Crippen LogP contribution in [-0.4, -0.2) is 22.7 Å². The van der Waals surface area contributed by atoms with E-state index in [0.29, 0.717) is 5.69 Å². The van der Waals surface area contributed by atoms with Crippen LogP contribution < -0.4 is 5.73 Å². The summed E-state index contributed by atoms with van der Waals surface area (Å²) < 4.78 is 25.6. The third-order valence-corrected chi connectivity index (χ3v) is 2.83. The van der Waals surface area contributed by atoms with Crippen LogP contribution in [0.25, 0.3) is 0 Å². The molecule has 3 N–H and O–H groups in total. The summed E-state index contributed by atoms with van der Waals surface area (Å²) >= 11 is 0. The van der Waals surface area contributed by atoms with Crippen LogP contribution in [0.15, 0.2) is 6.07 Å². The molecule has 0 unspecified atom stereocenters. The predicted octanol–water partition coefficient (Wildman–Crippen LogP) is 1.34. The summed E-state index contributed by atoms with van der Waals surface area (Å²) in [5, 5.41) is 6.76. The van der Waals surface area contributed by atoms with Crippen LogP contribution in [0, 0.1) is 6.92 Å². The van der Waals surface area contributed by atoms with E-state index in [0.717, 1.165) is 5.69 Å². The number of aromatic amines is 1. The van der Waals surface area contributed by atoms with Gasteiger partial charge in [0.1, 0.15) is 0 Å². The number of nitrogens with one attached hydrogen (secondary N) is 1. The van der Waals surface area contributed by atoms with E-state index < -0.39 is 11.3 Å². The fraction of sp³-hybridized carbons (Fsp3) is 0.667. The minimum Gasteiger partial charge on any atom is -0.330 e. The molecule has 0 radical (unpaired) electrons. The van der Waals surface area contributed by atoms with Gasteiger partial charge in [-0.05, 0) is 13.0 Å². The predicted molar refractivity (Wildman–Crippen MR) is 48.2 cm³/mol. The number of alkyl halides is 2. The van der Waals surface area contributed by atoms with Crippen molar-refractivity contribution in [2.45, 2.75) is 31.1 Å². The maximum absolute atomic E-state index is 12.8. The topological polar surface area (TPSA) is 54.7 Å². The smallest absolute Gasteiger partial charge is 0.250 e. The Morgan fingerprint density at radius 3 is 2.57 bits per heavy atom. The minimum absolute atomic E-state index is 0.180. The van der Waals surface area contributed by atoms with E-state index in [4.69, 9.17) is 5.73 Å². The van der Waals surface area contributed by atoms with Crippen molar-refractivity contribution >= 4 is 0 Å². The monoisotopic (exact) mass is 201 g/mol. The summed E-state index contributed by atoms with van der Waals surface area (Å²) in [6.45, 7) is 2.07. The van der Waals surface area contributed by atoms with Gasteiger partial charge in [0.25, 0.3) is 0 Å². The third kappa shape index (κ3) is 1.32. The van der Waals surface area contributed by atoms with Gasteiger partial charge in [0.15, 0.2) is 0 Å². The molecule has 1 aromatic rings. The molecular formula is C9H13F2N3. The van der Waals surface area contributed by atoms with Crippen LogP contribution in [0.2, 0.25) is 0 Å². The summed E-state index contributed by atoms with van der Waals surface area (Å²) in [6, 6.07) is 1.79. The first-order valence-electron chi connectivity index (χ1n) is 4.58. The molecule has 1 aliphatic rings. The zero-order valence-electron chi connectivity index (χ0n) is 7.98. The number of nitrogens with two attached hydrogens (primary N) is 1. The van der Waals surface area contributed by atoms with Crippen LogP contribution >= 0.6 is 0 Å². The van der Waals surface area contributed by atoms with E-state index in [1.54, 1.807) is 6.07 Å². The minimum atomic E-state index is -2.56. The van der Waals surface area contributed by atoms with Crippen molar-refractivity contribution in [2.24, 2.45) is 5.73 Å². The van der Waals surface area contributed by atoms with Crippen molar-refractivity contribution in [1.82, 2.24) is 10.2 Å². The van der Waals surface area contributed by atoms with Crippen molar-refractivity contribution < 1.29 is 8.78 Å². The van der Waals surface area contributed by atoms with Gasteiger partial charge in [-0.2, -0.15) is 5.10 Å². The molecular weight excluding hydrogens is 188 g/mol. The highest BCUT2D eigenvalue weighted by Crippen LogP contribution is 2.52. The van der Waals surface area contributed by atoms with Crippen molar-refractivity contribution in [2.75, 3.05) is 6.54 Å². The van der Waals surface area contributed by atoms with Gasteiger partial charge in [-0.3, -0.25) is 5.10 Å². The maximum Gasteiger partial charge on any atom is 0.250 e. The molecule has 1 heterocycles. The Morgan fingerprint density at radius 1 is 1.57 bits per heavy atom. The van der Waals surface area contributed by atoms with Gasteiger partial charge in [0.05, 0.1) is 5.69 Å². The molecule has 0 bridgehead atoms. The Kier molecular flexibility index (Phi) is 1.89. The SMILES string of the molecule is Cc1cc(C2(CN)CC(F)(F)C2)n[nH]1. The van der Waals surface area contributed by atoms with Crippen LogP contribution in [0.1, 0.15) is 24.2 Å². The molecule has 0 atom stereocenters. The van der Waals surface area contributed by atoms with Gasteiger partial charge in [0.2, 0.25) is 5.92 Å². The first-order chi connectivity index (χ1) is 6.47. The summed E-state index contributed by atoms with van der Waals surface area (Å²) in [5.41, 5.74) is 6.49. The molecule has 5 heteroatoms. The van der Waals surface area contributed by atoms with E-state index in [-0.39, 0.29) is 19.4 Å². The fourth-order valence-electron chi connectivity index (χ4n) is 2.06. The van der Waals surface area contributed by atoms with Crippen LogP contribution in [0.5, 0.6) is 0 Å². The number of hydrogen-bond acceptors (Lipinski definition) is 2. The Balaban J connectivity index is 2.24. The molecule has 1 aliphatic carbocycles. The molecule has 0 aromatic carbocycles. The number of aromatic nitrogens is 2. The zero-order chi connectivity index (χ0) is 10.4. The summed E-state index contributed by atoms with van der Waals surface area (Å²) in [5.74, 6) is -2.56. The number of halogens is 2. The molecule has 1 saturated carbocycles. The average molecular weight is 201 g/mol. The molecule has 1 fully saturated rings. The Labute approximate surface area is 80.7 Å². The van der Waals surface area contributed by atoms with Crippen LogP contribution in [0.3, 0.4) is 0 Å². The van der Waals surface area contributed by atoms with Crippen LogP contribution in [0.4, 0.5) is 8.78 Å². The first kappa shape index (κ1) is 9.58. The van der Waals surface area contributed by atoms with Gasteiger partial charge < -0.3 is 5.73 Å². The molecule has 1 aromatic heterocycles. The van der Waals surface area contributed by atoms with Gasteiger partial charge in [-0.1, -0.05) is 0 Å².